The van der Waals surface area contributed by atoms with Crippen LogP contribution in [0.3, 0.4) is 0 Å². The van der Waals surface area contributed by atoms with Crippen LogP contribution in [0.25, 0.3) is 11.1 Å². The van der Waals surface area contributed by atoms with Crippen LogP contribution >= 0.6 is 0 Å². The van der Waals surface area contributed by atoms with Crippen LogP contribution in [0.2, 0.25) is 0 Å². The average molecular weight is 331 g/mol. The molecule has 0 N–H and O–H groups in total. The molecule has 1 aliphatic rings. The molecule has 0 bridgehead atoms. The number of hydrogen-bond donors (Lipinski definition) is 0. The van der Waals surface area contributed by atoms with E-state index in [-0.39, 0.29) is 0 Å². The Kier molecular flexibility index (Phi) is 3.90. The Labute approximate surface area is 146 Å². The molecule has 0 unspecified atom stereocenters. The fourth-order valence-electron chi connectivity index (χ4n) is 2.83. The molecule has 0 radical (unpaired) electrons. The van der Waals surface area contributed by atoms with E-state index in [2.05, 4.69) is 51.5 Å². The summed E-state index contributed by atoms with van der Waals surface area (Å²) in [7, 11) is 0. The summed E-state index contributed by atoms with van der Waals surface area (Å²) in [6.45, 7) is 2.01. The third-order valence-corrected chi connectivity index (χ3v) is 4.21. The zero-order valence-electron chi connectivity index (χ0n) is 13.8. The Morgan fingerprint density at radius 1 is 0.920 bits per heavy atom. The van der Waals surface area contributed by atoms with Crippen LogP contribution in [0.4, 0.5) is 0 Å². The Morgan fingerprint density at radius 2 is 1.60 bits per heavy atom. The highest BCUT2D eigenvalue weighted by Crippen LogP contribution is 2.35. The molecule has 0 saturated heterocycles. The van der Waals surface area contributed by atoms with Crippen molar-refractivity contribution in [1.82, 2.24) is 9.97 Å². The molecule has 1 atom stereocenters. The number of rotatable bonds is 3. The third kappa shape index (κ3) is 3.21. The molecule has 0 amide bonds. The molecule has 0 saturated carbocycles. The second-order valence-corrected chi connectivity index (χ2v) is 6.10. The van der Waals surface area contributed by atoms with E-state index in [0.29, 0.717) is 18.1 Å². The van der Waals surface area contributed by atoms with E-state index in [1.807, 2.05) is 25.1 Å². The van der Waals surface area contributed by atoms with E-state index in [1.54, 1.807) is 12.4 Å². The van der Waals surface area contributed by atoms with Gasteiger partial charge in [-0.15, -0.1) is 0 Å². The molecule has 124 valence electrons. The van der Waals surface area contributed by atoms with Crippen molar-refractivity contribution in [3.63, 3.8) is 0 Å². The van der Waals surface area contributed by atoms with Gasteiger partial charge in [0, 0.05) is 0 Å². The van der Waals surface area contributed by atoms with E-state index in [9.17, 15) is 0 Å². The average Bonchev–Trinajstić information content (AvgIpc) is 3.05. The predicted octanol–water partition coefficient (Wildman–Crippen LogP) is 4.17. The Bertz CT molecular complexity index is 880. The Balaban J connectivity index is 1.49. The van der Waals surface area contributed by atoms with Gasteiger partial charge in [0.25, 0.3) is 0 Å². The summed E-state index contributed by atoms with van der Waals surface area (Å²) in [4.78, 5) is 13.5. The van der Waals surface area contributed by atoms with Crippen LogP contribution < -0.4 is 4.74 Å². The van der Waals surface area contributed by atoms with Crippen molar-refractivity contribution in [3.05, 3.63) is 78.9 Å². The Morgan fingerprint density at radius 3 is 2.32 bits per heavy atom. The molecular formula is C20H17N3O2. The van der Waals surface area contributed by atoms with E-state index >= 15 is 0 Å². The monoisotopic (exact) mass is 331 g/mol. The van der Waals surface area contributed by atoms with Crippen molar-refractivity contribution in [2.75, 3.05) is 0 Å². The summed E-state index contributed by atoms with van der Waals surface area (Å²) < 4.78 is 5.69. The van der Waals surface area contributed by atoms with Gasteiger partial charge in [-0.2, -0.15) is 0 Å². The fourth-order valence-corrected chi connectivity index (χ4v) is 2.83. The normalized spacial score (nSPS) is 19.2. The molecule has 0 spiro atoms. The molecular weight excluding hydrogens is 314 g/mol. The van der Waals surface area contributed by atoms with Crippen LogP contribution in [0.5, 0.6) is 5.75 Å². The lowest BCUT2D eigenvalue weighted by atomic mass is 9.91. The molecule has 4 rings (SSSR count). The Hall–Kier alpha value is -3.21. The molecule has 5 heteroatoms. The van der Waals surface area contributed by atoms with Gasteiger partial charge in [0.05, 0.1) is 18.8 Å². The molecule has 1 aromatic heterocycles. The van der Waals surface area contributed by atoms with Crippen LogP contribution in [0, 0.1) is 0 Å². The van der Waals surface area contributed by atoms with Crippen molar-refractivity contribution < 1.29 is 9.57 Å². The minimum Gasteiger partial charge on any atom is -0.436 e. The maximum absolute atomic E-state index is 5.69. The van der Waals surface area contributed by atoms with E-state index in [0.717, 1.165) is 5.56 Å². The lowest BCUT2D eigenvalue weighted by Gasteiger charge is -2.21. The molecule has 0 aliphatic carbocycles. The highest BCUT2D eigenvalue weighted by atomic mass is 16.7. The summed E-state index contributed by atoms with van der Waals surface area (Å²) in [6.07, 6.45) is 5.20. The lowest BCUT2D eigenvalue weighted by molar-refractivity contribution is -0.00738. The first-order valence-corrected chi connectivity index (χ1v) is 8.07. The first kappa shape index (κ1) is 15.3. The third-order valence-electron chi connectivity index (χ3n) is 4.21. The van der Waals surface area contributed by atoms with Crippen molar-refractivity contribution in [3.8, 4) is 16.9 Å². The molecule has 2 heterocycles. The first-order valence-electron chi connectivity index (χ1n) is 8.07. The summed E-state index contributed by atoms with van der Waals surface area (Å²) in [6, 6.07) is 18.6. The quantitative estimate of drug-likeness (QED) is 0.723. The van der Waals surface area contributed by atoms with Gasteiger partial charge in [-0.1, -0.05) is 59.8 Å². The highest BCUT2D eigenvalue weighted by Gasteiger charge is 2.37. The van der Waals surface area contributed by atoms with Crippen LogP contribution in [0.1, 0.15) is 18.9 Å². The number of oxime groups is 1. The van der Waals surface area contributed by atoms with Crippen LogP contribution in [0.15, 0.2) is 78.5 Å². The standard InChI is InChI=1S/C20H17N3O2/c1-20(11-19(23-25-20)24-18-12-21-14-22-13-18)17-9-7-16(8-10-17)15-5-3-2-4-6-15/h2-10,12-14H,11H2,1H3/t20-/m0/s1. The fraction of sp³-hybridized carbons (Fsp3) is 0.150. The van der Waals surface area contributed by atoms with Crippen molar-refractivity contribution >= 4 is 5.90 Å². The number of hydrogen-bond acceptors (Lipinski definition) is 5. The summed E-state index contributed by atoms with van der Waals surface area (Å²) in [5.41, 5.74) is 2.87. The maximum atomic E-state index is 5.69. The SMILES string of the molecule is C[C@@]1(c2ccc(-c3ccccc3)cc2)CC(Oc2cncnc2)=NO1. The van der Waals surface area contributed by atoms with Gasteiger partial charge in [0.1, 0.15) is 6.33 Å². The largest absolute Gasteiger partial charge is 0.436 e. The van der Waals surface area contributed by atoms with Crippen LogP contribution in [-0.4, -0.2) is 15.9 Å². The number of benzene rings is 2. The van der Waals surface area contributed by atoms with Crippen molar-refractivity contribution in [2.24, 2.45) is 5.16 Å². The summed E-state index contributed by atoms with van der Waals surface area (Å²) in [5, 5.41) is 4.08. The predicted molar refractivity (Wildman–Crippen MR) is 95.0 cm³/mol. The number of ether oxygens (including phenoxy) is 1. The minimum absolute atomic E-state index is 0.518. The first-order chi connectivity index (χ1) is 12.2. The van der Waals surface area contributed by atoms with E-state index < -0.39 is 5.60 Å². The maximum Gasteiger partial charge on any atom is 0.235 e. The second kappa shape index (κ2) is 6.36. The second-order valence-electron chi connectivity index (χ2n) is 6.10. The highest BCUT2D eigenvalue weighted by molar-refractivity contribution is 5.80. The molecule has 0 fully saturated rings. The molecule has 5 nitrogen and oxygen atoms in total. The zero-order valence-corrected chi connectivity index (χ0v) is 13.8. The molecule has 3 aromatic rings. The van der Waals surface area contributed by atoms with Gasteiger partial charge in [-0.05, 0) is 23.6 Å². The zero-order chi connectivity index (χ0) is 17.1. The lowest BCUT2D eigenvalue weighted by Crippen LogP contribution is -2.23. The number of aromatic nitrogens is 2. The van der Waals surface area contributed by atoms with Gasteiger partial charge < -0.3 is 9.57 Å². The van der Waals surface area contributed by atoms with E-state index in [1.165, 1.54) is 17.5 Å². The minimum atomic E-state index is -0.541. The van der Waals surface area contributed by atoms with Gasteiger partial charge in [-0.3, -0.25) is 0 Å². The van der Waals surface area contributed by atoms with Gasteiger partial charge in [0.2, 0.25) is 5.90 Å². The van der Waals surface area contributed by atoms with E-state index in [4.69, 9.17) is 9.57 Å². The molecule has 2 aromatic carbocycles. The summed E-state index contributed by atoms with van der Waals surface area (Å²) in [5.74, 6) is 1.07. The molecule has 25 heavy (non-hydrogen) atoms. The topological polar surface area (TPSA) is 56.6 Å². The van der Waals surface area contributed by atoms with Gasteiger partial charge >= 0.3 is 0 Å². The summed E-state index contributed by atoms with van der Waals surface area (Å²) >= 11 is 0. The van der Waals surface area contributed by atoms with Crippen molar-refractivity contribution in [2.45, 2.75) is 18.9 Å². The van der Waals surface area contributed by atoms with Crippen LogP contribution in [-0.2, 0) is 10.4 Å². The molecule has 1 aliphatic heterocycles. The smallest absolute Gasteiger partial charge is 0.235 e. The van der Waals surface area contributed by atoms with Gasteiger partial charge in [0.15, 0.2) is 11.4 Å². The van der Waals surface area contributed by atoms with Gasteiger partial charge in [-0.25, -0.2) is 9.97 Å². The number of nitrogens with zero attached hydrogens (tertiary/aromatic N) is 3. The van der Waals surface area contributed by atoms with Crippen molar-refractivity contribution in [1.29, 1.82) is 0 Å².